The van der Waals surface area contributed by atoms with E-state index in [4.69, 9.17) is 4.98 Å². The zero-order valence-electron chi connectivity index (χ0n) is 19.5. The Balaban J connectivity index is 1.67. The summed E-state index contributed by atoms with van der Waals surface area (Å²) in [5, 5.41) is 4.31. The molecule has 168 valence electrons. The molecule has 0 unspecified atom stereocenters. The molecule has 0 bridgehead atoms. The smallest absolute Gasteiger partial charge is 0.138 e. The third-order valence-electron chi connectivity index (χ3n) is 6.37. The van der Waals surface area contributed by atoms with E-state index in [-0.39, 0.29) is 0 Å². The number of nitrogens with zero attached hydrogens (tertiary/aromatic N) is 4. The lowest BCUT2D eigenvalue weighted by atomic mass is 10.1. The van der Waals surface area contributed by atoms with E-state index in [2.05, 4.69) is 87.6 Å². The molecule has 0 saturated carbocycles. The van der Waals surface area contributed by atoms with Crippen molar-refractivity contribution >= 4 is 34.5 Å². The molecule has 0 atom stereocenters. The normalized spacial score (nSPS) is 12.3. The molecule has 6 rings (SSSR count). The maximum absolute atomic E-state index is 4.78. The maximum Gasteiger partial charge on any atom is 0.138 e. The van der Waals surface area contributed by atoms with Gasteiger partial charge in [0.05, 0.1) is 16.4 Å². The first-order valence-electron chi connectivity index (χ1n) is 11.6. The third kappa shape index (κ3) is 3.56. The SMILES string of the molecule is C=c1/c(=C\C=C/C)n(-c2cc(-c3cccnc3)ccn2)c2cc3c(ccn3-c3ccccc3)cc12. The number of para-hydroxylation sites is 1. The van der Waals surface area contributed by atoms with Crippen molar-refractivity contribution in [1.29, 1.82) is 0 Å². The number of allylic oxidation sites excluding steroid dienone is 2. The second-order valence-corrected chi connectivity index (χ2v) is 8.49. The van der Waals surface area contributed by atoms with Crippen LogP contribution in [0.25, 0.3) is 57.1 Å². The Morgan fingerprint density at radius 3 is 2.54 bits per heavy atom. The van der Waals surface area contributed by atoms with Crippen LogP contribution in [0.1, 0.15) is 6.92 Å². The van der Waals surface area contributed by atoms with Crippen molar-refractivity contribution in [2.45, 2.75) is 6.92 Å². The highest BCUT2D eigenvalue weighted by Crippen LogP contribution is 2.27. The van der Waals surface area contributed by atoms with Gasteiger partial charge in [-0.1, -0.05) is 43.0 Å². The van der Waals surface area contributed by atoms with Crippen molar-refractivity contribution in [1.82, 2.24) is 19.1 Å². The van der Waals surface area contributed by atoms with E-state index < -0.39 is 0 Å². The van der Waals surface area contributed by atoms with Crippen molar-refractivity contribution in [3.63, 3.8) is 0 Å². The van der Waals surface area contributed by atoms with Gasteiger partial charge in [-0.2, -0.15) is 0 Å². The number of hydrogen-bond acceptors (Lipinski definition) is 2. The van der Waals surface area contributed by atoms with E-state index in [1.54, 1.807) is 6.20 Å². The third-order valence-corrected chi connectivity index (χ3v) is 6.37. The standard InChI is InChI=1S/C31H24N4/c1-3-4-12-28-22(2)27-18-24-14-17-34(26-10-6-5-7-11-26)29(24)20-30(27)35(28)31-19-23(13-16-33-31)25-9-8-15-32-21-25/h3-21H,2H2,1H3/b4-3-,28-12+. The van der Waals surface area contributed by atoms with Crippen molar-refractivity contribution in [3.8, 4) is 22.6 Å². The predicted octanol–water partition coefficient (Wildman–Crippen LogP) is 5.80. The van der Waals surface area contributed by atoms with E-state index in [1.165, 1.54) is 5.39 Å². The average Bonchev–Trinajstić information content (AvgIpc) is 3.45. The van der Waals surface area contributed by atoms with Gasteiger partial charge in [0, 0.05) is 52.0 Å². The first-order valence-corrected chi connectivity index (χ1v) is 11.6. The van der Waals surface area contributed by atoms with Crippen LogP contribution in [0.15, 0.2) is 110 Å². The van der Waals surface area contributed by atoms with Crippen LogP contribution in [0.4, 0.5) is 0 Å². The number of benzene rings is 2. The summed E-state index contributed by atoms with van der Waals surface area (Å²) in [5.74, 6) is 0.846. The van der Waals surface area contributed by atoms with Gasteiger partial charge in [0.15, 0.2) is 0 Å². The second kappa shape index (κ2) is 8.58. The van der Waals surface area contributed by atoms with Crippen LogP contribution in [0.5, 0.6) is 0 Å². The minimum atomic E-state index is 0.846. The van der Waals surface area contributed by atoms with Crippen molar-refractivity contribution in [2.75, 3.05) is 0 Å². The number of rotatable bonds is 4. The van der Waals surface area contributed by atoms with Crippen molar-refractivity contribution in [2.24, 2.45) is 0 Å². The van der Waals surface area contributed by atoms with Gasteiger partial charge in [-0.15, -0.1) is 0 Å². The molecule has 0 fully saturated rings. The Kier molecular flexibility index (Phi) is 5.12. The Labute approximate surface area is 203 Å². The van der Waals surface area contributed by atoms with Crippen LogP contribution >= 0.6 is 0 Å². The first-order chi connectivity index (χ1) is 17.2. The Hall–Kier alpha value is -4.70. The maximum atomic E-state index is 4.78. The summed E-state index contributed by atoms with van der Waals surface area (Å²) in [5.41, 5.74) is 5.48. The predicted molar refractivity (Wildman–Crippen MR) is 145 cm³/mol. The molecule has 4 heteroatoms. The zero-order chi connectivity index (χ0) is 23.8. The molecule has 0 spiro atoms. The number of fused-ring (bicyclic) bond motifs is 2. The molecule has 0 aliphatic heterocycles. The number of aromatic nitrogens is 4. The molecule has 0 aliphatic carbocycles. The molecule has 0 amide bonds. The fourth-order valence-electron chi connectivity index (χ4n) is 4.68. The summed E-state index contributed by atoms with van der Waals surface area (Å²) < 4.78 is 4.43. The lowest BCUT2D eigenvalue weighted by molar-refractivity contribution is 1.00. The van der Waals surface area contributed by atoms with Gasteiger partial charge >= 0.3 is 0 Å². The first kappa shape index (κ1) is 20.9. The Morgan fingerprint density at radius 1 is 0.857 bits per heavy atom. The fourth-order valence-corrected chi connectivity index (χ4v) is 4.68. The Bertz CT molecular complexity index is 1810. The molecule has 0 radical (unpaired) electrons. The van der Waals surface area contributed by atoms with Crippen molar-refractivity contribution < 1.29 is 0 Å². The van der Waals surface area contributed by atoms with E-state index in [0.29, 0.717) is 0 Å². The molecular weight excluding hydrogens is 428 g/mol. The van der Waals surface area contributed by atoms with Crippen LogP contribution in [0.2, 0.25) is 0 Å². The highest BCUT2D eigenvalue weighted by Gasteiger charge is 2.14. The van der Waals surface area contributed by atoms with E-state index in [9.17, 15) is 0 Å². The molecule has 0 aliphatic rings. The average molecular weight is 453 g/mol. The summed E-state index contributed by atoms with van der Waals surface area (Å²) in [6, 6.07) is 25.2. The van der Waals surface area contributed by atoms with E-state index in [0.717, 1.165) is 49.6 Å². The molecular formula is C31H24N4. The number of pyridine rings is 2. The van der Waals surface area contributed by atoms with Gasteiger partial charge in [-0.25, -0.2) is 4.98 Å². The molecule has 4 heterocycles. The minimum absolute atomic E-state index is 0.846. The molecule has 0 saturated heterocycles. The molecule has 2 aromatic carbocycles. The van der Waals surface area contributed by atoms with Gasteiger partial charge in [0.2, 0.25) is 0 Å². The summed E-state index contributed by atoms with van der Waals surface area (Å²) in [4.78, 5) is 9.07. The van der Waals surface area contributed by atoms with Crippen LogP contribution in [-0.2, 0) is 0 Å². The quantitative estimate of drug-likeness (QED) is 0.339. The lowest BCUT2D eigenvalue weighted by Crippen LogP contribution is -2.27. The van der Waals surface area contributed by atoms with Gasteiger partial charge in [-0.3, -0.25) is 9.55 Å². The zero-order valence-corrected chi connectivity index (χ0v) is 19.5. The van der Waals surface area contributed by atoms with Gasteiger partial charge in [-0.05, 0) is 67.1 Å². The highest BCUT2D eigenvalue weighted by atomic mass is 15.1. The monoisotopic (exact) mass is 452 g/mol. The summed E-state index contributed by atoms with van der Waals surface area (Å²) in [6.45, 7) is 6.49. The summed E-state index contributed by atoms with van der Waals surface area (Å²) in [6.07, 6.45) is 13.8. The second-order valence-electron chi connectivity index (χ2n) is 8.49. The van der Waals surface area contributed by atoms with Crippen LogP contribution < -0.4 is 10.6 Å². The minimum Gasteiger partial charge on any atom is -0.316 e. The molecule has 6 aromatic rings. The summed E-state index contributed by atoms with van der Waals surface area (Å²) in [7, 11) is 0. The highest BCUT2D eigenvalue weighted by molar-refractivity contribution is 5.98. The Morgan fingerprint density at radius 2 is 1.74 bits per heavy atom. The largest absolute Gasteiger partial charge is 0.316 e. The summed E-state index contributed by atoms with van der Waals surface area (Å²) >= 11 is 0. The molecule has 4 aromatic heterocycles. The van der Waals surface area contributed by atoms with Crippen molar-refractivity contribution in [3.05, 3.63) is 120 Å². The fraction of sp³-hybridized carbons (Fsp3) is 0.0323. The van der Waals surface area contributed by atoms with Crippen LogP contribution in [0, 0.1) is 0 Å². The lowest BCUT2D eigenvalue weighted by Gasteiger charge is -2.10. The van der Waals surface area contributed by atoms with Gasteiger partial charge in [0.1, 0.15) is 5.82 Å². The van der Waals surface area contributed by atoms with Crippen LogP contribution in [0.3, 0.4) is 0 Å². The van der Waals surface area contributed by atoms with Gasteiger partial charge < -0.3 is 4.57 Å². The molecule has 35 heavy (non-hydrogen) atoms. The van der Waals surface area contributed by atoms with Crippen LogP contribution in [-0.4, -0.2) is 19.1 Å². The topological polar surface area (TPSA) is 35.6 Å². The van der Waals surface area contributed by atoms with E-state index in [1.807, 2.05) is 49.7 Å². The molecule has 0 N–H and O–H groups in total. The van der Waals surface area contributed by atoms with E-state index >= 15 is 0 Å². The number of hydrogen-bond donors (Lipinski definition) is 0. The molecule has 4 nitrogen and oxygen atoms in total. The van der Waals surface area contributed by atoms with Gasteiger partial charge in [0.25, 0.3) is 0 Å².